The van der Waals surface area contributed by atoms with Crippen molar-refractivity contribution in [2.45, 2.75) is 19.3 Å². The maximum Gasteiger partial charge on any atom is 0.255 e. The normalized spacial score (nSPS) is 17.6. The number of imide groups is 1. The van der Waals surface area contributed by atoms with Crippen LogP contribution in [0, 0.1) is 0 Å². The van der Waals surface area contributed by atoms with Crippen LogP contribution in [-0.2, 0) is 15.0 Å². The second-order valence-corrected chi connectivity index (χ2v) is 9.07. The molecule has 0 radical (unpaired) electrons. The largest absolute Gasteiger partial charge is 0.286 e. The molecule has 3 aromatic rings. The van der Waals surface area contributed by atoms with Gasteiger partial charge in [-0.3, -0.25) is 14.6 Å². The average molecular weight is 480 g/mol. The molecule has 0 N–H and O–H groups in total. The summed E-state index contributed by atoms with van der Waals surface area (Å²) in [5.41, 5.74) is 2.90. The van der Waals surface area contributed by atoms with E-state index in [4.69, 9.17) is 28.3 Å². The highest BCUT2D eigenvalue weighted by Crippen LogP contribution is 2.35. The lowest BCUT2D eigenvalue weighted by atomic mass is 9.76. The van der Waals surface area contributed by atoms with Crippen LogP contribution >= 0.6 is 23.2 Å². The molecule has 33 heavy (non-hydrogen) atoms. The molecule has 0 aromatic heterocycles. The van der Waals surface area contributed by atoms with Gasteiger partial charge in [-0.2, -0.15) is 5.10 Å². The van der Waals surface area contributed by atoms with Crippen molar-refractivity contribution < 1.29 is 9.59 Å². The molecule has 1 unspecified atom stereocenters. The molecule has 0 saturated heterocycles. The molecule has 0 spiro atoms. The van der Waals surface area contributed by atoms with E-state index in [0.717, 1.165) is 21.7 Å². The van der Waals surface area contributed by atoms with Crippen LogP contribution in [0.1, 0.15) is 25.0 Å². The summed E-state index contributed by atoms with van der Waals surface area (Å²) in [7, 11) is 0. The van der Waals surface area contributed by atoms with Gasteiger partial charge in [0.2, 0.25) is 5.91 Å². The van der Waals surface area contributed by atoms with E-state index in [9.17, 15) is 9.59 Å². The first kappa shape index (κ1) is 23.0. The quantitative estimate of drug-likeness (QED) is 0.481. The van der Waals surface area contributed by atoms with Crippen molar-refractivity contribution in [3.63, 3.8) is 0 Å². The van der Waals surface area contributed by atoms with E-state index in [1.165, 1.54) is 6.92 Å². The molecule has 0 aliphatic carbocycles. The molecule has 0 saturated carbocycles. The molecule has 4 rings (SSSR count). The number of benzene rings is 3. The summed E-state index contributed by atoms with van der Waals surface area (Å²) in [4.78, 5) is 26.7. The molecule has 7 heteroatoms. The van der Waals surface area contributed by atoms with E-state index in [1.54, 1.807) is 29.3 Å². The van der Waals surface area contributed by atoms with Gasteiger partial charge < -0.3 is 0 Å². The molecule has 0 fully saturated rings. The van der Waals surface area contributed by atoms with Gasteiger partial charge in [0.15, 0.2) is 0 Å². The summed E-state index contributed by atoms with van der Waals surface area (Å²) in [6.07, 6.45) is 0. The Bertz CT molecular complexity index is 1190. The molecule has 5 nitrogen and oxygen atoms in total. The van der Waals surface area contributed by atoms with Crippen LogP contribution in [0.25, 0.3) is 0 Å². The summed E-state index contributed by atoms with van der Waals surface area (Å²) >= 11 is 12.1. The Kier molecular flexibility index (Phi) is 6.54. The van der Waals surface area contributed by atoms with Crippen LogP contribution < -0.4 is 4.90 Å². The molecule has 3 aromatic carbocycles. The third kappa shape index (κ3) is 4.80. The van der Waals surface area contributed by atoms with Gasteiger partial charge in [-0.15, -0.1) is 0 Å². The van der Waals surface area contributed by atoms with Crippen molar-refractivity contribution in [1.82, 2.24) is 5.01 Å². The molecule has 1 atom stereocenters. The van der Waals surface area contributed by atoms with Crippen LogP contribution in [0.5, 0.6) is 0 Å². The zero-order valence-electron chi connectivity index (χ0n) is 18.3. The van der Waals surface area contributed by atoms with Crippen LogP contribution in [0.15, 0.2) is 84.0 Å². The SMILES string of the molecule is CC(=O)N(C(=O)CN1CC(C)(c2ccccc2)C(c2ccc(Cl)cc2)=N1)c1ccc(Cl)cc1. The molecule has 168 valence electrons. The fourth-order valence-corrected chi connectivity index (χ4v) is 4.41. The lowest BCUT2D eigenvalue weighted by molar-refractivity contribution is -0.126. The maximum absolute atomic E-state index is 13.2. The van der Waals surface area contributed by atoms with E-state index in [0.29, 0.717) is 22.3 Å². The summed E-state index contributed by atoms with van der Waals surface area (Å²) in [6.45, 7) is 3.93. The third-order valence-electron chi connectivity index (χ3n) is 5.76. The van der Waals surface area contributed by atoms with Crippen LogP contribution in [0.2, 0.25) is 10.0 Å². The number of carbonyl (C=O) groups is 2. The van der Waals surface area contributed by atoms with Gasteiger partial charge in [-0.25, -0.2) is 4.90 Å². The van der Waals surface area contributed by atoms with Crippen molar-refractivity contribution in [2.24, 2.45) is 5.10 Å². The molecule has 2 amide bonds. The van der Waals surface area contributed by atoms with E-state index in [2.05, 4.69) is 19.1 Å². The van der Waals surface area contributed by atoms with Gasteiger partial charge in [0.05, 0.1) is 23.4 Å². The maximum atomic E-state index is 13.2. The number of hydrogen-bond acceptors (Lipinski definition) is 4. The van der Waals surface area contributed by atoms with Gasteiger partial charge in [-0.1, -0.05) is 65.7 Å². The smallest absolute Gasteiger partial charge is 0.255 e. The Balaban J connectivity index is 1.66. The monoisotopic (exact) mass is 479 g/mol. The minimum Gasteiger partial charge on any atom is -0.286 e. The van der Waals surface area contributed by atoms with E-state index in [-0.39, 0.29) is 18.4 Å². The minimum atomic E-state index is -0.448. The average Bonchev–Trinajstić information content (AvgIpc) is 3.13. The lowest BCUT2D eigenvalue weighted by Crippen LogP contribution is -2.43. The number of halogens is 2. The second-order valence-electron chi connectivity index (χ2n) is 8.20. The molecule has 1 aliphatic rings. The summed E-state index contributed by atoms with van der Waals surface area (Å²) in [5.74, 6) is -0.726. The molecule has 0 bridgehead atoms. The van der Waals surface area contributed by atoms with E-state index < -0.39 is 5.41 Å². The van der Waals surface area contributed by atoms with Crippen molar-refractivity contribution in [1.29, 1.82) is 0 Å². The minimum absolute atomic E-state index is 0.0400. The van der Waals surface area contributed by atoms with Gasteiger partial charge >= 0.3 is 0 Å². The van der Waals surface area contributed by atoms with Crippen LogP contribution in [0.4, 0.5) is 5.69 Å². The molecular formula is C26H23Cl2N3O2. The number of hydrazone groups is 1. The van der Waals surface area contributed by atoms with Crippen molar-refractivity contribution >= 4 is 46.4 Å². The Morgan fingerprint density at radius 3 is 2.09 bits per heavy atom. The molecular weight excluding hydrogens is 457 g/mol. The predicted octanol–water partition coefficient (Wildman–Crippen LogP) is 5.55. The summed E-state index contributed by atoms with van der Waals surface area (Å²) in [5, 5.41) is 7.74. The molecule has 1 aliphatic heterocycles. The van der Waals surface area contributed by atoms with Gasteiger partial charge in [0.25, 0.3) is 5.91 Å². The van der Waals surface area contributed by atoms with Gasteiger partial charge in [0, 0.05) is 17.0 Å². The number of nitrogens with zero attached hydrogens (tertiary/aromatic N) is 3. The Morgan fingerprint density at radius 2 is 1.52 bits per heavy atom. The van der Waals surface area contributed by atoms with Crippen molar-refractivity contribution in [3.8, 4) is 0 Å². The van der Waals surface area contributed by atoms with Crippen LogP contribution in [-0.4, -0.2) is 35.6 Å². The Hall–Kier alpha value is -3.15. The summed E-state index contributed by atoms with van der Waals surface area (Å²) in [6, 6.07) is 24.2. The van der Waals surface area contributed by atoms with Crippen molar-refractivity contribution in [2.75, 3.05) is 18.0 Å². The highest BCUT2D eigenvalue weighted by Gasteiger charge is 2.41. The van der Waals surface area contributed by atoms with E-state index >= 15 is 0 Å². The Morgan fingerprint density at radius 1 is 0.939 bits per heavy atom. The highest BCUT2D eigenvalue weighted by atomic mass is 35.5. The van der Waals surface area contributed by atoms with Crippen molar-refractivity contribution in [3.05, 3.63) is 100 Å². The zero-order chi connectivity index (χ0) is 23.6. The third-order valence-corrected chi connectivity index (χ3v) is 6.26. The first-order valence-corrected chi connectivity index (χ1v) is 11.3. The predicted molar refractivity (Wildman–Crippen MR) is 133 cm³/mol. The van der Waals surface area contributed by atoms with E-state index in [1.807, 2.05) is 42.5 Å². The van der Waals surface area contributed by atoms with Crippen LogP contribution in [0.3, 0.4) is 0 Å². The highest BCUT2D eigenvalue weighted by molar-refractivity contribution is 6.31. The lowest BCUT2D eigenvalue weighted by Gasteiger charge is -2.28. The van der Waals surface area contributed by atoms with Gasteiger partial charge in [0.1, 0.15) is 6.54 Å². The number of rotatable bonds is 5. The second kappa shape index (κ2) is 9.38. The fraction of sp³-hybridized carbons (Fsp3) is 0.192. The topological polar surface area (TPSA) is 53.0 Å². The number of amides is 2. The number of carbonyl (C=O) groups excluding carboxylic acids is 2. The molecule has 1 heterocycles. The standard InChI is InChI=1S/C26H23Cl2N3O2/c1-18(32)31(23-14-12-22(28)13-15-23)24(33)16-30-17-26(2,20-6-4-3-5-7-20)25(29-30)19-8-10-21(27)11-9-19/h3-15H,16-17H2,1-2H3. The number of anilines is 1. The first-order valence-electron chi connectivity index (χ1n) is 10.5. The Labute approximate surface area is 203 Å². The number of hydrogen-bond donors (Lipinski definition) is 0. The van der Waals surface area contributed by atoms with Gasteiger partial charge in [-0.05, 0) is 54.4 Å². The first-order chi connectivity index (χ1) is 15.8. The zero-order valence-corrected chi connectivity index (χ0v) is 19.8. The fourth-order valence-electron chi connectivity index (χ4n) is 4.15. The summed E-state index contributed by atoms with van der Waals surface area (Å²) < 4.78 is 0.